The van der Waals surface area contributed by atoms with E-state index in [-0.39, 0.29) is 22.9 Å². The van der Waals surface area contributed by atoms with Crippen molar-refractivity contribution in [1.29, 1.82) is 0 Å². The summed E-state index contributed by atoms with van der Waals surface area (Å²) in [5.74, 6) is -0.221. The lowest BCUT2D eigenvalue weighted by atomic mass is 10.0. The molecule has 2 N–H and O–H groups in total. The van der Waals surface area contributed by atoms with Crippen molar-refractivity contribution in [1.82, 2.24) is 0 Å². The summed E-state index contributed by atoms with van der Waals surface area (Å²) in [5, 5.41) is 10.0. The lowest BCUT2D eigenvalue weighted by Gasteiger charge is -2.12. The van der Waals surface area contributed by atoms with Crippen LogP contribution < -0.4 is 9.64 Å². The van der Waals surface area contributed by atoms with Gasteiger partial charge in [0.2, 0.25) is 5.78 Å². The number of ketones is 1. The Kier molecular flexibility index (Phi) is 3.88. The minimum Gasteiger partial charge on any atom is -0.507 e. The first-order valence-electron chi connectivity index (χ1n) is 7.30. The lowest BCUT2D eigenvalue weighted by Crippen LogP contribution is -3.04. The number of nitrogens with one attached hydrogen (secondary N) is 1. The molecule has 23 heavy (non-hydrogen) atoms. The molecule has 1 heterocycles. The fraction of sp³-hybridized carbons (Fsp3) is 0.167. The number of Topliss-reactive ketones (excluding diaryl/α,β-unsaturated/α-hetero) is 1. The molecule has 2 aromatic carbocycles. The number of halogens is 1. The van der Waals surface area contributed by atoms with Gasteiger partial charge in [-0.25, -0.2) is 4.39 Å². The Morgan fingerprint density at radius 3 is 2.65 bits per heavy atom. The molecule has 2 aromatic rings. The predicted octanol–water partition coefficient (Wildman–Crippen LogP) is 1.79. The molecule has 0 spiro atoms. The van der Waals surface area contributed by atoms with Gasteiger partial charge >= 0.3 is 0 Å². The Labute approximate surface area is 133 Å². The van der Waals surface area contributed by atoms with E-state index in [4.69, 9.17) is 4.74 Å². The molecule has 0 aliphatic carbocycles. The van der Waals surface area contributed by atoms with Crippen LogP contribution in [0.15, 0.2) is 42.2 Å². The summed E-state index contributed by atoms with van der Waals surface area (Å²) < 4.78 is 19.4. The normalized spacial score (nSPS) is 15.1. The molecule has 0 atom stereocenters. The van der Waals surface area contributed by atoms with Crippen LogP contribution in [0.5, 0.6) is 11.5 Å². The van der Waals surface area contributed by atoms with Gasteiger partial charge in [0.15, 0.2) is 11.5 Å². The zero-order chi connectivity index (χ0) is 16.6. The highest BCUT2D eigenvalue weighted by Gasteiger charge is 2.32. The van der Waals surface area contributed by atoms with Crippen molar-refractivity contribution >= 4 is 11.9 Å². The highest BCUT2D eigenvalue weighted by atomic mass is 19.1. The molecule has 0 unspecified atom stereocenters. The van der Waals surface area contributed by atoms with Crippen molar-refractivity contribution in [3.05, 3.63) is 64.7 Å². The fourth-order valence-corrected chi connectivity index (χ4v) is 2.55. The molecule has 0 saturated carbocycles. The number of rotatable bonds is 3. The van der Waals surface area contributed by atoms with E-state index < -0.39 is 5.82 Å². The van der Waals surface area contributed by atoms with Crippen LogP contribution in [0.4, 0.5) is 4.39 Å². The molecular weight excluding hydrogens is 297 g/mol. The minimum absolute atomic E-state index is 0.0608. The summed E-state index contributed by atoms with van der Waals surface area (Å²) in [6.45, 7) is 0.509. The molecule has 0 saturated heterocycles. The zero-order valence-corrected chi connectivity index (χ0v) is 12.9. The van der Waals surface area contributed by atoms with Crippen LogP contribution in [0.3, 0.4) is 0 Å². The Morgan fingerprint density at radius 1 is 1.22 bits per heavy atom. The van der Waals surface area contributed by atoms with Gasteiger partial charge in [0.25, 0.3) is 0 Å². The van der Waals surface area contributed by atoms with E-state index in [0.717, 1.165) is 4.90 Å². The minimum atomic E-state index is -0.423. The van der Waals surface area contributed by atoms with Gasteiger partial charge in [0.05, 0.1) is 25.2 Å². The molecular formula is C18H17FNO3+. The summed E-state index contributed by atoms with van der Waals surface area (Å²) in [6.07, 6.45) is 1.39. The van der Waals surface area contributed by atoms with E-state index in [1.807, 2.05) is 14.1 Å². The first-order chi connectivity index (χ1) is 11.0. The Morgan fingerprint density at radius 2 is 1.96 bits per heavy atom. The number of hydrogen-bond acceptors (Lipinski definition) is 3. The number of allylic oxidation sites excluding steroid dienone is 1. The van der Waals surface area contributed by atoms with Gasteiger partial charge in [0, 0.05) is 5.56 Å². The molecule has 0 fully saturated rings. The van der Waals surface area contributed by atoms with Crippen LogP contribution in [0.25, 0.3) is 6.08 Å². The molecule has 4 nitrogen and oxygen atoms in total. The topological polar surface area (TPSA) is 51.0 Å². The maximum Gasteiger partial charge on any atom is 0.231 e. The number of carbonyl (C=O) groups is 1. The molecule has 118 valence electrons. The number of aromatic hydroxyl groups is 1. The van der Waals surface area contributed by atoms with Gasteiger partial charge in [0.1, 0.15) is 18.1 Å². The quantitative estimate of drug-likeness (QED) is 0.849. The standard InChI is InChI=1S/C18H16FNO3/c1-20(2)10-13-15(21)8-7-12-17(22)16(23-18(12)13)9-11-5-3-4-6-14(11)19/h3-9,21H,10H2,1-2H3/p+1. The van der Waals surface area contributed by atoms with Gasteiger partial charge in [-0.15, -0.1) is 0 Å². The monoisotopic (exact) mass is 314 g/mol. The number of benzene rings is 2. The first kappa shape index (κ1) is 15.2. The molecule has 1 aliphatic rings. The van der Waals surface area contributed by atoms with Gasteiger partial charge in [-0.05, 0) is 24.3 Å². The number of fused-ring (bicyclic) bond motifs is 1. The second-order valence-corrected chi connectivity index (χ2v) is 5.79. The van der Waals surface area contributed by atoms with Crippen molar-refractivity contribution in [2.24, 2.45) is 0 Å². The van der Waals surface area contributed by atoms with Gasteiger partial charge in [-0.1, -0.05) is 18.2 Å². The summed E-state index contributed by atoms with van der Waals surface area (Å²) in [7, 11) is 3.87. The second kappa shape index (κ2) is 5.85. The number of carbonyl (C=O) groups excluding carboxylic acids is 1. The zero-order valence-electron chi connectivity index (χ0n) is 12.9. The number of ether oxygens (including phenoxy) is 1. The third kappa shape index (κ3) is 2.83. The smallest absolute Gasteiger partial charge is 0.231 e. The Bertz CT molecular complexity index is 812. The van der Waals surface area contributed by atoms with E-state index in [9.17, 15) is 14.3 Å². The van der Waals surface area contributed by atoms with Gasteiger partial charge in [-0.2, -0.15) is 0 Å². The third-order valence-electron chi connectivity index (χ3n) is 3.64. The van der Waals surface area contributed by atoms with Crippen LogP contribution in [-0.4, -0.2) is 25.0 Å². The maximum atomic E-state index is 13.8. The highest BCUT2D eigenvalue weighted by Crippen LogP contribution is 2.39. The number of phenolic OH excluding ortho intramolecular Hbond substituents is 1. The Balaban J connectivity index is 2.04. The largest absolute Gasteiger partial charge is 0.507 e. The lowest BCUT2D eigenvalue weighted by molar-refractivity contribution is -0.872. The van der Waals surface area contributed by atoms with E-state index >= 15 is 0 Å². The second-order valence-electron chi connectivity index (χ2n) is 5.79. The summed E-state index contributed by atoms with van der Waals surface area (Å²) in [4.78, 5) is 13.5. The van der Waals surface area contributed by atoms with E-state index in [1.54, 1.807) is 18.2 Å². The van der Waals surface area contributed by atoms with Crippen LogP contribution >= 0.6 is 0 Å². The van der Waals surface area contributed by atoms with Crippen LogP contribution in [-0.2, 0) is 6.54 Å². The van der Waals surface area contributed by atoms with Crippen molar-refractivity contribution in [2.45, 2.75) is 6.54 Å². The maximum absolute atomic E-state index is 13.8. The van der Waals surface area contributed by atoms with Crippen molar-refractivity contribution < 1.29 is 23.9 Å². The van der Waals surface area contributed by atoms with Crippen LogP contribution in [0, 0.1) is 5.82 Å². The molecule has 0 amide bonds. The molecule has 1 aliphatic heterocycles. The Hall–Kier alpha value is -2.66. The molecule has 0 bridgehead atoms. The SMILES string of the molecule is C[NH+](C)Cc1c(O)ccc2c1OC(=Cc1ccccc1F)C2=O. The highest BCUT2D eigenvalue weighted by molar-refractivity contribution is 6.15. The van der Waals surface area contributed by atoms with Gasteiger partial charge < -0.3 is 14.7 Å². The summed E-state index contributed by atoms with van der Waals surface area (Å²) in [5.41, 5.74) is 1.25. The molecule has 3 rings (SSSR count). The molecule has 0 aromatic heterocycles. The average Bonchev–Trinajstić information content (AvgIpc) is 2.81. The van der Waals surface area contributed by atoms with E-state index in [1.165, 1.54) is 24.3 Å². The number of phenols is 1. The third-order valence-corrected chi connectivity index (χ3v) is 3.64. The predicted molar refractivity (Wildman–Crippen MR) is 84.0 cm³/mol. The van der Waals surface area contributed by atoms with Crippen LogP contribution in [0.2, 0.25) is 0 Å². The number of quaternary nitrogens is 1. The van der Waals surface area contributed by atoms with E-state index in [0.29, 0.717) is 23.4 Å². The fourth-order valence-electron chi connectivity index (χ4n) is 2.55. The average molecular weight is 314 g/mol. The van der Waals surface area contributed by atoms with Crippen molar-refractivity contribution in [3.8, 4) is 11.5 Å². The van der Waals surface area contributed by atoms with Crippen molar-refractivity contribution in [2.75, 3.05) is 14.1 Å². The first-order valence-corrected chi connectivity index (χ1v) is 7.30. The van der Waals surface area contributed by atoms with E-state index in [2.05, 4.69) is 0 Å². The van der Waals surface area contributed by atoms with Crippen LogP contribution in [0.1, 0.15) is 21.5 Å². The molecule has 0 radical (unpaired) electrons. The van der Waals surface area contributed by atoms with Gasteiger partial charge in [-0.3, -0.25) is 4.79 Å². The summed E-state index contributed by atoms with van der Waals surface area (Å²) >= 11 is 0. The van der Waals surface area contributed by atoms with Crippen molar-refractivity contribution in [3.63, 3.8) is 0 Å². The number of hydrogen-bond donors (Lipinski definition) is 2. The summed E-state index contributed by atoms with van der Waals surface area (Å²) in [6, 6.07) is 9.19. The molecule has 5 heteroatoms.